The first-order valence-electron chi connectivity index (χ1n) is 7.35. The fourth-order valence-corrected chi connectivity index (χ4v) is 5.95. The number of likely N-dealkylation sites (tertiary alicyclic amines) is 1. The molecule has 0 spiro atoms. The Morgan fingerprint density at radius 2 is 2.00 bits per heavy atom. The van der Waals surface area contributed by atoms with Crippen molar-refractivity contribution in [1.82, 2.24) is 4.90 Å². The fraction of sp³-hybridized carbons (Fsp3) is 0.857. The summed E-state index contributed by atoms with van der Waals surface area (Å²) in [7, 11) is 0. The standard InChI is InChI=1S/C14H21NO3S2/c16-13(5-10-8-19-3-4-20-10)15-6-11(9-1-2-9)12(7-15)14(17)18/h9-12H,1-8H2,(H,17,18)/t10?,11-,12+/m1/s1. The van der Waals surface area contributed by atoms with E-state index in [2.05, 4.69) is 0 Å². The molecule has 0 aromatic carbocycles. The number of nitrogens with zero attached hydrogens (tertiary/aromatic N) is 1. The summed E-state index contributed by atoms with van der Waals surface area (Å²) in [6, 6.07) is 0. The summed E-state index contributed by atoms with van der Waals surface area (Å²) in [6.45, 7) is 1.10. The molecule has 1 amide bonds. The summed E-state index contributed by atoms with van der Waals surface area (Å²) in [5.41, 5.74) is 0. The lowest BCUT2D eigenvalue weighted by atomic mass is 9.92. The zero-order valence-electron chi connectivity index (χ0n) is 11.5. The molecule has 2 saturated heterocycles. The Balaban J connectivity index is 1.56. The Kier molecular flexibility index (Phi) is 4.50. The molecule has 4 nitrogen and oxygen atoms in total. The molecular formula is C14H21NO3S2. The zero-order chi connectivity index (χ0) is 14.1. The monoisotopic (exact) mass is 315 g/mol. The quantitative estimate of drug-likeness (QED) is 0.857. The van der Waals surface area contributed by atoms with Gasteiger partial charge in [-0.25, -0.2) is 0 Å². The smallest absolute Gasteiger partial charge is 0.308 e. The van der Waals surface area contributed by atoms with Crippen molar-refractivity contribution in [1.29, 1.82) is 0 Å². The molecule has 2 heterocycles. The average Bonchev–Trinajstić information content (AvgIpc) is 3.18. The van der Waals surface area contributed by atoms with Gasteiger partial charge in [-0.05, 0) is 24.7 Å². The number of carbonyl (C=O) groups is 2. The lowest BCUT2D eigenvalue weighted by Crippen LogP contribution is -2.33. The number of carboxylic acids is 1. The Morgan fingerprint density at radius 1 is 1.20 bits per heavy atom. The Labute approximate surface area is 128 Å². The van der Waals surface area contributed by atoms with E-state index in [1.165, 1.54) is 5.75 Å². The normalized spacial score (nSPS) is 34.2. The number of thioether (sulfide) groups is 2. The first-order chi connectivity index (χ1) is 9.65. The van der Waals surface area contributed by atoms with Gasteiger partial charge in [0.2, 0.25) is 5.91 Å². The van der Waals surface area contributed by atoms with Crippen molar-refractivity contribution in [3.8, 4) is 0 Å². The SMILES string of the molecule is O=C(O)[C@H]1CN(C(=O)CC2CSCCS2)C[C@@H]1C1CC1. The second-order valence-corrected chi connectivity index (χ2v) is 8.57. The summed E-state index contributed by atoms with van der Waals surface area (Å²) < 4.78 is 0. The molecule has 3 atom stereocenters. The molecule has 6 heteroatoms. The van der Waals surface area contributed by atoms with E-state index < -0.39 is 5.97 Å². The number of amides is 1. The molecule has 0 bridgehead atoms. The van der Waals surface area contributed by atoms with E-state index in [0.717, 1.165) is 24.3 Å². The summed E-state index contributed by atoms with van der Waals surface area (Å²) in [5, 5.41) is 9.76. The van der Waals surface area contributed by atoms with Crippen LogP contribution < -0.4 is 0 Å². The first-order valence-corrected chi connectivity index (χ1v) is 9.55. The number of hydrogen-bond donors (Lipinski definition) is 1. The van der Waals surface area contributed by atoms with Crippen LogP contribution in [0.15, 0.2) is 0 Å². The van der Waals surface area contributed by atoms with Gasteiger partial charge in [0.15, 0.2) is 0 Å². The van der Waals surface area contributed by atoms with Gasteiger partial charge in [-0.3, -0.25) is 9.59 Å². The van der Waals surface area contributed by atoms with Crippen LogP contribution in [0.3, 0.4) is 0 Å². The molecule has 1 N–H and O–H groups in total. The van der Waals surface area contributed by atoms with Crippen molar-refractivity contribution in [2.45, 2.75) is 24.5 Å². The van der Waals surface area contributed by atoms with Crippen LogP contribution in [0, 0.1) is 17.8 Å². The molecular weight excluding hydrogens is 294 g/mol. The van der Waals surface area contributed by atoms with Gasteiger partial charge in [0.25, 0.3) is 0 Å². The van der Waals surface area contributed by atoms with Crippen molar-refractivity contribution in [2.75, 3.05) is 30.3 Å². The predicted molar refractivity (Wildman–Crippen MR) is 82.1 cm³/mol. The topological polar surface area (TPSA) is 57.6 Å². The second-order valence-electron chi connectivity index (χ2n) is 6.02. The highest BCUT2D eigenvalue weighted by Crippen LogP contribution is 2.44. The number of hydrogen-bond acceptors (Lipinski definition) is 4. The van der Waals surface area contributed by atoms with Crippen LogP contribution in [0.2, 0.25) is 0 Å². The maximum Gasteiger partial charge on any atom is 0.308 e. The number of rotatable bonds is 4. The molecule has 0 aromatic heterocycles. The van der Waals surface area contributed by atoms with E-state index in [-0.39, 0.29) is 17.7 Å². The zero-order valence-corrected chi connectivity index (χ0v) is 13.1. The summed E-state index contributed by atoms with van der Waals surface area (Å²) >= 11 is 3.81. The van der Waals surface area contributed by atoms with E-state index in [4.69, 9.17) is 0 Å². The Morgan fingerprint density at radius 3 is 2.60 bits per heavy atom. The Bertz CT molecular complexity index is 394. The van der Waals surface area contributed by atoms with Crippen LogP contribution >= 0.6 is 23.5 Å². The lowest BCUT2D eigenvalue weighted by molar-refractivity contribution is -0.142. The fourth-order valence-electron chi connectivity index (χ4n) is 3.27. The lowest BCUT2D eigenvalue weighted by Gasteiger charge is -2.23. The minimum atomic E-state index is -0.722. The maximum absolute atomic E-state index is 12.4. The van der Waals surface area contributed by atoms with Gasteiger partial charge in [0.05, 0.1) is 5.92 Å². The number of carbonyl (C=O) groups excluding carboxylic acids is 1. The van der Waals surface area contributed by atoms with Gasteiger partial charge < -0.3 is 10.0 Å². The van der Waals surface area contributed by atoms with Gasteiger partial charge in [-0.15, -0.1) is 0 Å². The molecule has 3 aliphatic rings. The third-order valence-electron chi connectivity index (χ3n) is 4.55. The van der Waals surface area contributed by atoms with Gasteiger partial charge in [-0.2, -0.15) is 23.5 Å². The van der Waals surface area contributed by atoms with E-state index in [1.54, 1.807) is 0 Å². The maximum atomic E-state index is 12.4. The highest BCUT2D eigenvalue weighted by molar-refractivity contribution is 8.06. The summed E-state index contributed by atoms with van der Waals surface area (Å²) in [4.78, 5) is 25.6. The largest absolute Gasteiger partial charge is 0.481 e. The molecule has 3 fully saturated rings. The minimum Gasteiger partial charge on any atom is -0.481 e. The summed E-state index contributed by atoms with van der Waals surface area (Å²) in [6.07, 6.45) is 2.87. The van der Waals surface area contributed by atoms with Gasteiger partial charge >= 0.3 is 5.97 Å². The van der Waals surface area contributed by atoms with Crippen LogP contribution in [0.25, 0.3) is 0 Å². The number of aliphatic carboxylic acids is 1. The van der Waals surface area contributed by atoms with E-state index >= 15 is 0 Å². The Hall–Kier alpha value is -0.360. The highest BCUT2D eigenvalue weighted by atomic mass is 32.2. The van der Waals surface area contributed by atoms with Crippen LogP contribution in [-0.4, -0.2) is 57.5 Å². The third-order valence-corrected chi connectivity index (χ3v) is 7.39. The van der Waals surface area contributed by atoms with E-state index in [1.807, 2.05) is 28.4 Å². The van der Waals surface area contributed by atoms with Crippen molar-refractivity contribution in [2.24, 2.45) is 17.8 Å². The predicted octanol–water partition coefficient (Wildman–Crippen LogP) is 1.79. The second kappa shape index (κ2) is 6.18. The van der Waals surface area contributed by atoms with Crippen molar-refractivity contribution in [3.63, 3.8) is 0 Å². The van der Waals surface area contributed by atoms with Crippen LogP contribution in [0.1, 0.15) is 19.3 Å². The van der Waals surface area contributed by atoms with E-state index in [0.29, 0.717) is 30.7 Å². The summed E-state index contributed by atoms with van der Waals surface area (Å²) in [5.74, 6) is 3.23. The average molecular weight is 315 g/mol. The van der Waals surface area contributed by atoms with Crippen LogP contribution in [0.5, 0.6) is 0 Å². The molecule has 3 rings (SSSR count). The molecule has 0 aromatic rings. The third kappa shape index (κ3) is 3.27. The molecule has 0 radical (unpaired) electrons. The number of carboxylic acid groups (broad SMARTS) is 1. The molecule has 2 aliphatic heterocycles. The molecule has 1 unspecified atom stereocenters. The minimum absolute atomic E-state index is 0.166. The van der Waals surface area contributed by atoms with Crippen molar-refractivity contribution < 1.29 is 14.7 Å². The van der Waals surface area contributed by atoms with Crippen molar-refractivity contribution >= 4 is 35.4 Å². The van der Waals surface area contributed by atoms with Crippen LogP contribution in [0.4, 0.5) is 0 Å². The highest BCUT2D eigenvalue weighted by Gasteiger charge is 2.46. The molecule has 1 saturated carbocycles. The van der Waals surface area contributed by atoms with Crippen molar-refractivity contribution in [3.05, 3.63) is 0 Å². The van der Waals surface area contributed by atoms with Gasteiger partial charge in [-0.1, -0.05) is 0 Å². The van der Waals surface area contributed by atoms with Gasteiger partial charge in [0.1, 0.15) is 0 Å². The van der Waals surface area contributed by atoms with Crippen LogP contribution in [-0.2, 0) is 9.59 Å². The van der Waals surface area contributed by atoms with E-state index in [9.17, 15) is 14.7 Å². The van der Waals surface area contributed by atoms with Gasteiger partial charge in [0, 0.05) is 42.0 Å². The molecule has 20 heavy (non-hydrogen) atoms. The first kappa shape index (κ1) is 14.6. The molecule has 112 valence electrons. The molecule has 1 aliphatic carbocycles.